The predicted octanol–water partition coefficient (Wildman–Crippen LogP) is 4.77. The lowest BCUT2D eigenvalue weighted by Crippen LogP contribution is -2.27. The van der Waals surface area contributed by atoms with E-state index in [2.05, 4.69) is 15.6 Å². The molecular formula is C21H20ClF3N4O2. The van der Waals surface area contributed by atoms with Crippen molar-refractivity contribution in [1.29, 1.82) is 0 Å². The molecule has 0 radical (unpaired) electrons. The molecule has 6 nitrogen and oxygen atoms in total. The van der Waals surface area contributed by atoms with Crippen LogP contribution in [-0.2, 0) is 11.0 Å². The monoisotopic (exact) mass is 452 g/mol. The molecule has 0 spiro atoms. The Labute approximate surface area is 181 Å². The molecule has 2 heterocycles. The Bertz CT molecular complexity index is 1140. The minimum Gasteiger partial charge on any atom is -0.351 e. The molecular weight excluding hydrogens is 433 g/mol. The van der Waals surface area contributed by atoms with Crippen LogP contribution in [0.4, 0.5) is 18.9 Å². The molecule has 0 saturated heterocycles. The summed E-state index contributed by atoms with van der Waals surface area (Å²) in [6.07, 6.45) is -2.71. The van der Waals surface area contributed by atoms with Crippen LogP contribution in [0.3, 0.4) is 0 Å². The van der Waals surface area contributed by atoms with Gasteiger partial charge in [0.05, 0.1) is 16.9 Å². The average molecular weight is 453 g/mol. The molecule has 0 saturated carbocycles. The van der Waals surface area contributed by atoms with Crippen LogP contribution in [0.2, 0.25) is 5.02 Å². The lowest BCUT2D eigenvalue weighted by atomic mass is 10.1. The predicted molar refractivity (Wildman–Crippen MR) is 111 cm³/mol. The van der Waals surface area contributed by atoms with Crippen molar-refractivity contribution in [3.63, 3.8) is 0 Å². The fourth-order valence-corrected chi connectivity index (χ4v) is 3.37. The van der Waals surface area contributed by atoms with Gasteiger partial charge in [-0.1, -0.05) is 17.7 Å². The maximum atomic E-state index is 13.1. The van der Waals surface area contributed by atoms with Crippen LogP contribution >= 0.6 is 11.6 Å². The van der Waals surface area contributed by atoms with Crippen molar-refractivity contribution in [1.82, 2.24) is 14.7 Å². The zero-order valence-electron chi connectivity index (χ0n) is 16.8. The van der Waals surface area contributed by atoms with E-state index in [-0.39, 0.29) is 36.0 Å². The topological polar surface area (TPSA) is 75.5 Å². The van der Waals surface area contributed by atoms with E-state index in [1.807, 2.05) is 19.1 Å². The zero-order chi connectivity index (χ0) is 22.8. The third-order valence-corrected chi connectivity index (χ3v) is 4.90. The molecule has 3 aromatic rings. The fraction of sp³-hybridized carbons (Fsp3) is 0.286. The molecule has 2 aromatic heterocycles. The van der Waals surface area contributed by atoms with Crippen LogP contribution in [0.25, 0.3) is 5.65 Å². The summed E-state index contributed by atoms with van der Waals surface area (Å²) in [5.41, 5.74) is 1.23. The summed E-state index contributed by atoms with van der Waals surface area (Å²) < 4.78 is 41.0. The standard InChI is InChI=1S/C21H20ClF3N4O2/c1-12-5-4-10-29-18(13(2)27-19(12)29)20(31)26-9-3-6-17(30)28-16-8-7-14(22)11-15(16)21(23,24)25/h4-5,7-8,10-11H,3,6,9H2,1-2H3,(H,26,31)(H,28,30). The van der Waals surface area contributed by atoms with E-state index in [0.717, 1.165) is 17.7 Å². The molecule has 0 aliphatic carbocycles. The highest BCUT2D eigenvalue weighted by Gasteiger charge is 2.34. The van der Waals surface area contributed by atoms with E-state index in [1.165, 1.54) is 6.07 Å². The van der Waals surface area contributed by atoms with Gasteiger partial charge in [0.15, 0.2) is 0 Å². The molecule has 2 N–H and O–H groups in total. The largest absolute Gasteiger partial charge is 0.418 e. The molecule has 1 aromatic carbocycles. The Morgan fingerprint density at radius 3 is 2.65 bits per heavy atom. The normalized spacial score (nSPS) is 11.5. The highest BCUT2D eigenvalue weighted by Crippen LogP contribution is 2.36. The number of amides is 2. The fourth-order valence-electron chi connectivity index (χ4n) is 3.20. The van der Waals surface area contributed by atoms with Gasteiger partial charge in [0.25, 0.3) is 5.91 Å². The molecule has 2 amide bonds. The zero-order valence-corrected chi connectivity index (χ0v) is 17.6. The van der Waals surface area contributed by atoms with Gasteiger partial charge in [-0.05, 0) is 50.1 Å². The van der Waals surface area contributed by atoms with E-state index in [9.17, 15) is 22.8 Å². The number of anilines is 1. The highest BCUT2D eigenvalue weighted by molar-refractivity contribution is 6.30. The number of rotatable bonds is 6. The molecule has 0 fully saturated rings. The number of benzene rings is 1. The van der Waals surface area contributed by atoms with Gasteiger partial charge in [0.1, 0.15) is 11.3 Å². The number of carbonyl (C=O) groups excluding carboxylic acids is 2. The Balaban J connectivity index is 1.56. The summed E-state index contributed by atoms with van der Waals surface area (Å²) in [6.45, 7) is 3.81. The lowest BCUT2D eigenvalue weighted by Gasteiger charge is -2.14. The van der Waals surface area contributed by atoms with E-state index in [0.29, 0.717) is 17.0 Å². The Morgan fingerprint density at radius 1 is 1.19 bits per heavy atom. The number of nitrogens with zero attached hydrogens (tertiary/aromatic N) is 2. The number of imidazole rings is 1. The SMILES string of the molecule is Cc1nc2c(C)cccn2c1C(=O)NCCCC(=O)Nc1ccc(Cl)cc1C(F)(F)F. The maximum Gasteiger partial charge on any atom is 0.418 e. The molecule has 0 unspecified atom stereocenters. The van der Waals surface area contributed by atoms with Gasteiger partial charge in [-0.25, -0.2) is 4.98 Å². The number of hydrogen-bond acceptors (Lipinski definition) is 3. The Morgan fingerprint density at radius 2 is 1.94 bits per heavy atom. The number of hydrogen-bond donors (Lipinski definition) is 2. The molecule has 0 aliphatic rings. The van der Waals surface area contributed by atoms with Crippen LogP contribution in [0.15, 0.2) is 36.5 Å². The van der Waals surface area contributed by atoms with E-state index >= 15 is 0 Å². The lowest BCUT2D eigenvalue weighted by molar-refractivity contribution is -0.137. The summed E-state index contributed by atoms with van der Waals surface area (Å²) >= 11 is 5.63. The molecule has 0 aliphatic heterocycles. The van der Waals surface area contributed by atoms with Crippen molar-refractivity contribution >= 4 is 34.7 Å². The van der Waals surface area contributed by atoms with Gasteiger partial charge in [0, 0.05) is 24.2 Å². The van der Waals surface area contributed by atoms with Crippen LogP contribution in [0, 0.1) is 13.8 Å². The number of aryl methyl sites for hydroxylation is 2. The van der Waals surface area contributed by atoms with Crippen LogP contribution in [-0.4, -0.2) is 27.7 Å². The van der Waals surface area contributed by atoms with E-state index < -0.39 is 17.6 Å². The summed E-state index contributed by atoms with van der Waals surface area (Å²) in [4.78, 5) is 29.1. The molecule has 164 valence electrons. The van der Waals surface area contributed by atoms with Crippen molar-refractivity contribution in [3.8, 4) is 0 Å². The van der Waals surface area contributed by atoms with E-state index in [1.54, 1.807) is 17.5 Å². The first-order valence-electron chi connectivity index (χ1n) is 9.47. The summed E-state index contributed by atoms with van der Waals surface area (Å²) in [7, 11) is 0. The number of pyridine rings is 1. The Kier molecular flexibility index (Phi) is 6.54. The van der Waals surface area contributed by atoms with Crippen molar-refractivity contribution in [3.05, 3.63) is 64.1 Å². The van der Waals surface area contributed by atoms with Crippen molar-refractivity contribution in [2.45, 2.75) is 32.9 Å². The van der Waals surface area contributed by atoms with Crippen molar-refractivity contribution in [2.24, 2.45) is 0 Å². The van der Waals surface area contributed by atoms with Crippen LogP contribution in [0.1, 0.15) is 40.2 Å². The molecule has 31 heavy (non-hydrogen) atoms. The molecule has 0 atom stereocenters. The number of nitrogens with one attached hydrogen (secondary N) is 2. The van der Waals surface area contributed by atoms with Gasteiger partial charge in [-0.3, -0.25) is 14.0 Å². The van der Waals surface area contributed by atoms with Crippen LogP contribution in [0.5, 0.6) is 0 Å². The van der Waals surface area contributed by atoms with E-state index in [4.69, 9.17) is 11.6 Å². The van der Waals surface area contributed by atoms with Gasteiger partial charge < -0.3 is 10.6 Å². The second-order valence-electron chi connectivity index (χ2n) is 7.03. The smallest absolute Gasteiger partial charge is 0.351 e. The highest BCUT2D eigenvalue weighted by atomic mass is 35.5. The van der Waals surface area contributed by atoms with Crippen molar-refractivity contribution in [2.75, 3.05) is 11.9 Å². The van der Waals surface area contributed by atoms with Gasteiger partial charge in [0.2, 0.25) is 5.91 Å². The third-order valence-electron chi connectivity index (χ3n) is 4.66. The van der Waals surface area contributed by atoms with Gasteiger partial charge >= 0.3 is 6.18 Å². The number of carbonyl (C=O) groups is 2. The molecule has 3 rings (SSSR count). The number of alkyl halides is 3. The number of halogens is 4. The quantitative estimate of drug-likeness (QED) is 0.529. The first-order valence-corrected chi connectivity index (χ1v) is 9.85. The molecule has 0 bridgehead atoms. The van der Waals surface area contributed by atoms with Crippen LogP contribution < -0.4 is 10.6 Å². The minimum absolute atomic E-state index is 0.0640. The molecule has 10 heteroatoms. The summed E-state index contributed by atoms with van der Waals surface area (Å²) in [5.74, 6) is -0.934. The average Bonchev–Trinajstić information content (AvgIpc) is 3.03. The van der Waals surface area contributed by atoms with Crippen molar-refractivity contribution < 1.29 is 22.8 Å². The number of fused-ring (bicyclic) bond motifs is 1. The first kappa shape index (κ1) is 22.6. The van der Waals surface area contributed by atoms with Gasteiger partial charge in [-0.15, -0.1) is 0 Å². The number of aromatic nitrogens is 2. The second kappa shape index (κ2) is 8.97. The summed E-state index contributed by atoms with van der Waals surface area (Å²) in [5, 5.41) is 4.90. The third kappa shape index (κ3) is 5.16. The minimum atomic E-state index is -4.65. The Hall–Kier alpha value is -3.07. The maximum absolute atomic E-state index is 13.1. The van der Waals surface area contributed by atoms with Gasteiger partial charge in [-0.2, -0.15) is 13.2 Å². The second-order valence-corrected chi connectivity index (χ2v) is 7.46. The summed E-state index contributed by atoms with van der Waals surface area (Å²) in [6, 6.07) is 6.85. The first-order chi connectivity index (χ1) is 14.6.